The minimum absolute atomic E-state index is 0.0960. The first-order valence-electron chi connectivity index (χ1n) is 8.41. The number of benzene rings is 1. The molecule has 4 rings (SSSR count). The van der Waals surface area contributed by atoms with Crippen molar-refractivity contribution in [3.63, 3.8) is 0 Å². The Morgan fingerprint density at radius 3 is 2.79 bits per heavy atom. The largest absolute Gasteiger partial charge is 0.365 e. The van der Waals surface area contributed by atoms with Gasteiger partial charge < -0.3 is 10.7 Å². The van der Waals surface area contributed by atoms with Gasteiger partial charge in [-0.1, -0.05) is 18.2 Å². The molecule has 3 heterocycles. The Bertz CT molecular complexity index is 1250. The number of carbonyl (C=O) groups is 1. The Hall–Kier alpha value is -4.31. The van der Waals surface area contributed by atoms with Crippen LogP contribution >= 0.6 is 0 Å². The van der Waals surface area contributed by atoms with E-state index in [2.05, 4.69) is 19.9 Å². The van der Waals surface area contributed by atoms with Crippen molar-refractivity contribution >= 4 is 23.0 Å². The van der Waals surface area contributed by atoms with Crippen LogP contribution in [0.15, 0.2) is 66.9 Å². The maximum Gasteiger partial charge on any atom is 0.259 e. The van der Waals surface area contributed by atoms with E-state index in [4.69, 9.17) is 11.0 Å². The van der Waals surface area contributed by atoms with Crippen LogP contribution in [0.2, 0.25) is 0 Å². The third-order valence-corrected chi connectivity index (χ3v) is 4.29. The lowest BCUT2D eigenvalue weighted by Gasteiger charge is -2.05. The number of nitrogens with zero attached hydrogens (tertiary/aromatic N) is 4. The van der Waals surface area contributed by atoms with Crippen molar-refractivity contribution in [1.29, 1.82) is 5.26 Å². The standard InChI is InChI=1S/C21H14N6O/c22-9-15(20(23)28)7-13-2-1-3-14(6-13)16-8-17-18(11-27-21(17)26-10-16)19-12-24-4-5-25-19/h1-8,10-12H,(H2,23,28)(H,26,27)/b15-7+. The zero-order valence-corrected chi connectivity index (χ0v) is 14.6. The lowest BCUT2D eigenvalue weighted by atomic mass is 10.0. The fraction of sp³-hybridized carbons (Fsp3) is 0. The van der Waals surface area contributed by atoms with Crippen molar-refractivity contribution in [2.24, 2.45) is 5.73 Å². The summed E-state index contributed by atoms with van der Waals surface area (Å²) < 4.78 is 0. The summed E-state index contributed by atoms with van der Waals surface area (Å²) in [5.74, 6) is -0.753. The number of hydrogen-bond donors (Lipinski definition) is 2. The highest BCUT2D eigenvalue weighted by Gasteiger charge is 2.10. The summed E-state index contributed by atoms with van der Waals surface area (Å²) >= 11 is 0. The number of nitrogens with two attached hydrogens (primary N) is 1. The fourth-order valence-corrected chi connectivity index (χ4v) is 2.94. The first-order valence-corrected chi connectivity index (χ1v) is 8.41. The minimum atomic E-state index is -0.753. The molecule has 0 atom stereocenters. The molecule has 28 heavy (non-hydrogen) atoms. The average Bonchev–Trinajstić information content (AvgIpc) is 3.16. The van der Waals surface area contributed by atoms with Crippen LogP contribution in [0.4, 0.5) is 0 Å². The van der Waals surface area contributed by atoms with Crippen LogP contribution in [0.25, 0.3) is 39.5 Å². The number of nitriles is 1. The van der Waals surface area contributed by atoms with Gasteiger partial charge >= 0.3 is 0 Å². The SMILES string of the molecule is N#C/C(=C\c1cccc(-c2cnc3[nH]cc(-c4cnccn4)c3c2)c1)C(N)=O. The molecular weight excluding hydrogens is 352 g/mol. The molecule has 0 fully saturated rings. The van der Waals surface area contributed by atoms with Crippen LogP contribution in [-0.2, 0) is 4.79 Å². The number of hydrogen-bond acceptors (Lipinski definition) is 5. The fourth-order valence-electron chi connectivity index (χ4n) is 2.94. The van der Waals surface area contributed by atoms with E-state index in [1.165, 1.54) is 6.08 Å². The Morgan fingerprint density at radius 2 is 2.04 bits per heavy atom. The van der Waals surface area contributed by atoms with E-state index in [1.807, 2.05) is 36.5 Å². The van der Waals surface area contributed by atoms with Gasteiger partial charge in [0.15, 0.2) is 0 Å². The second-order valence-electron chi connectivity index (χ2n) is 6.07. The van der Waals surface area contributed by atoms with Crippen molar-refractivity contribution in [3.05, 3.63) is 72.5 Å². The molecule has 1 amide bonds. The van der Waals surface area contributed by atoms with E-state index in [-0.39, 0.29) is 5.57 Å². The number of fused-ring (bicyclic) bond motifs is 1. The van der Waals surface area contributed by atoms with Crippen molar-refractivity contribution in [2.45, 2.75) is 0 Å². The Balaban J connectivity index is 1.79. The lowest BCUT2D eigenvalue weighted by molar-refractivity contribution is -0.114. The van der Waals surface area contributed by atoms with E-state index in [9.17, 15) is 4.79 Å². The van der Waals surface area contributed by atoms with Gasteiger partial charge in [0.2, 0.25) is 0 Å². The molecule has 0 aliphatic carbocycles. The first kappa shape index (κ1) is 17.1. The topological polar surface area (TPSA) is 121 Å². The molecule has 0 radical (unpaired) electrons. The molecule has 7 heteroatoms. The van der Waals surface area contributed by atoms with Crippen molar-refractivity contribution in [2.75, 3.05) is 0 Å². The molecule has 0 aliphatic rings. The van der Waals surface area contributed by atoms with Gasteiger partial charge in [-0.15, -0.1) is 0 Å². The van der Waals surface area contributed by atoms with Gasteiger partial charge in [0.25, 0.3) is 5.91 Å². The summed E-state index contributed by atoms with van der Waals surface area (Å²) in [7, 11) is 0. The van der Waals surface area contributed by atoms with Gasteiger partial charge in [0, 0.05) is 41.3 Å². The average molecular weight is 366 g/mol. The lowest BCUT2D eigenvalue weighted by Crippen LogP contribution is -2.12. The van der Waals surface area contributed by atoms with Gasteiger partial charge in [0.05, 0.1) is 11.9 Å². The molecule has 3 N–H and O–H groups in total. The summed E-state index contributed by atoms with van der Waals surface area (Å²) in [6.07, 6.45) is 10.1. The number of aromatic amines is 1. The molecule has 1 aromatic carbocycles. The van der Waals surface area contributed by atoms with Crippen molar-refractivity contribution in [1.82, 2.24) is 19.9 Å². The molecular formula is C21H14N6O. The van der Waals surface area contributed by atoms with Crippen LogP contribution in [-0.4, -0.2) is 25.8 Å². The zero-order chi connectivity index (χ0) is 19.5. The van der Waals surface area contributed by atoms with E-state index in [0.717, 1.165) is 33.4 Å². The smallest absolute Gasteiger partial charge is 0.259 e. The number of aromatic nitrogens is 4. The van der Waals surface area contributed by atoms with Gasteiger partial charge in [-0.3, -0.25) is 14.8 Å². The van der Waals surface area contributed by atoms with Crippen LogP contribution < -0.4 is 5.73 Å². The molecule has 0 bridgehead atoms. The summed E-state index contributed by atoms with van der Waals surface area (Å²) in [4.78, 5) is 27.4. The molecule has 4 aromatic rings. The van der Waals surface area contributed by atoms with E-state index < -0.39 is 5.91 Å². The van der Waals surface area contributed by atoms with Gasteiger partial charge in [-0.05, 0) is 29.3 Å². The Morgan fingerprint density at radius 1 is 1.14 bits per heavy atom. The van der Waals surface area contributed by atoms with Gasteiger partial charge in [-0.25, -0.2) is 4.98 Å². The molecule has 3 aromatic heterocycles. The molecule has 0 aliphatic heterocycles. The van der Waals surface area contributed by atoms with Crippen LogP contribution in [0.3, 0.4) is 0 Å². The second-order valence-corrected chi connectivity index (χ2v) is 6.07. The first-order chi connectivity index (χ1) is 13.7. The number of carbonyl (C=O) groups excluding carboxylic acids is 1. The zero-order valence-electron chi connectivity index (χ0n) is 14.6. The normalized spacial score (nSPS) is 11.3. The number of amides is 1. The predicted molar refractivity (Wildman–Crippen MR) is 105 cm³/mol. The van der Waals surface area contributed by atoms with Crippen LogP contribution in [0.1, 0.15) is 5.56 Å². The molecule has 0 spiro atoms. The highest BCUT2D eigenvalue weighted by molar-refractivity contribution is 6.00. The molecule has 7 nitrogen and oxygen atoms in total. The number of nitrogens with one attached hydrogen (secondary N) is 1. The van der Waals surface area contributed by atoms with Crippen LogP contribution in [0.5, 0.6) is 0 Å². The second kappa shape index (κ2) is 7.13. The summed E-state index contributed by atoms with van der Waals surface area (Å²) in [5, 5.41) is 9.96. The summed E-state index contributed by atoms with van der Waals surface area (Å²) in [5.41, 5.74) is 10.0. The van der Waals surface area contributed by atoms with E-state index in [0.29, 0.717) is 5.56 Å². The Kier molecular flexibility index (Phi) is 4.36. The maximum absolute atomic E-state index is 11.3. The third-order valence-electron chi connectivity index (χ3n) is 4.29. The highest BCUT2D eigenvalue weighted by Crippen LogP contribution is 2.30. The van der Waals surface area contributed by atoms with Crippen molar-refractivity contribution in [3.8, 4) is 28.5 Å². The number of H-pyrrole nitrogens is 1. The van der Waals surface area contributed by atoms with E-state index >= 15 is 0 Å². The number of pyridine rings is 1. The van der Waals surface area contributed by atoms with Gasteiger partial charge in [0.1, 0.15) is 17.3 Å². The molecule has 0 saturated carbocycles. The third kappa shape index (κ3) is 3.22. The molecule has 0 unspecified atom stereocenters. The number of rotatable bonds is 4. The van der Waals surface area contributed by atoms with Crippen LogP contribution in [0, 0.1) is 11.3 Å². The van der Waals surface area contributed by atoms with E-state index in [1.54, 1.807) is 30.9 Å². The predicted octanol–water partition coefficient (Wildman–Crippen LogP) is 3.08. The maximum atomic E-state index is 11.3. The molecule has 134 valence electrons. The van der Waals surface area contributed by atoms with Gasteiger partial charge in [-0.2, -0.15) is 5.26 Å². The van der Waals surface area contributed by atoms with Crippen molar-refractivity contribution < 1.29 is 4.79 Å². The molecule has 0 saturated heterocycles. The highest BCUT2D eigenvalue weighted by atomic mass is 16.1. The Labute approximate surface area is 160 Å². The minimum Gasteiger partial charge on any atom is -0.365 e. The number of primary amides is 1. The summed E-state index contributed by atoms with van der Waals surface area (Å²) in [6, 6.07) is 11.3. The summed E-state index contributed by atoms with van der Waals surface area (Å²) in [6.45, 7) is 0. The monoisotopic (exact) mass is 366 g/mol. The quantitative estimate of drug-likeness (QED) is 0.424.